The van der Waals surface area contributed by atoms with Gasteiger partial charge >= 0.3 is 0 Å². The number of hydrogen-bond donors (Lipinski definition) is 0. The zero-order valence-corrected chi connectivity index (χ0v) is 44.8. The van der Waals surface area contributed by atoms with Gasteiger partial charge in [-0.15, -0.1) is 0 Å². The zero-order valence-electron chi connectivity index (χ0n) is 44.8. The lowest BCUT2D eigenvalue weighted by Gasteiger charge is -2.29. The Balaban J connectivity index is 0.792. The number of nitrogens with zero attached hydrogens (tertiary/aromatic N) is 2. The van der Waals surface area contributed by atoms with Gasteiger partial charge < -0.3 is 9.80 Å². The molecule has 74 heavy (non-hydrogen) atoms. The fourth-order valence-corrected chi connectivity index (χ4v) is 11.3. The maximum atomic E-state index is 2.42. The van der Waals surface area contributed by atoms with Crippen molar-refractivity contribution in [3.63, 3.8) is 0 Å². The fraction of sp³-hybridized carbons (Fsp3) is 0.194. The highest BCUT2D eigenvalue weighted by molar-refractivity contribution is 5.89. The van der Waals surface area contributed by atoms with Crippen LogP contribution in [-0.2, 0) is 21.7 Å². The van der Waals surface area contributed by atoms with Gasteiger partial charge in [0.05, 0.1) is 0 Å². The maximum Gasteiger partial charge on any atom is 0.0465 e. The molecule has 0 N–H and O–H groups in total. The van der Waals surface area contributed by atoms with Crippen LogP contribution in [0.4, 0.5) is 34.1 Å². The Morgan fingerprint density at radius 3 is 0.892 bits per heavy atom. The topological polar surface area (TPSA) is 6.48 Å². The van der Waals surface area contributed by atoms with Crippen molar-refractivity contribution in [2.45, 2.75) is 90.9 Å². The quantitative estimate of drug-likeness (QED) is 0.126. The second kappa shape index (κ2) is 18.5. The van der Waals surface area contributed by atoms with Gasteiger partial charge in [0.15, 0.2) is 0 Å². The van der Waals surface area contributed by atoms with Gasteiger partial charge in [0, 0.05) is 45.0 Å². The predicted molar refractivity (Wildman–Crippen MR) is 319 cm³/mol. The molecule has 0 saturated carbocycles. The Morgan fingerprint density at radius 1 is 0.284 bits per heavy atom. The van der Waals surface area contributed by atoms with Crippen LogP contribution in [0.5, 0.6) is 0 Å². The molecule has 9 aromatic rings. The van der Waals surface area contributed by atoms with Crippen molar-refractivity contribution in [2.24, 2.45) is 0 Å². The fourth-order valence-electron chi connectivity index (χ4n) is 11.3. The highest BCUT2D eigenvalue weighted by atomic mass is 15.1. The standard InChI is InChI=1S/C72H68N2/c1-69(2,3)53-31-35-57(36-32-53)73(55-17-13-11-14-18-55)59-39-43-63-61-41-29-51(45-65(61)71(7,8)67(63)47-59)27-25-49-21-23-50(24-22-49)26-28-52-30-42-62-64-44-40-60(48-68(64)72(9,10)66(62)46-52)74(56-19-15-12-16-20-56)58-37-33-54(34-38-58)70(4,5)6/h11-48H,1-10H3. The van der Waals surface area contributed by atoms with Gasteiger partial charge in [-0.05, 0) is 162 Å². The lowest BCUT2D eigenvalue weighted by atomic mass is 9.81. The summed E-state index contributed by atoms with van der Waals surface area (Å²) >= 11 is 0. The summed E-state index contributed by atoms with van der Waals surface area (Å²) in [6.07, 6.45) is 8.98. The monoisotopic (exact) mass is 961 g/mol. The second-order valence-corrected chi connectivity index (χ2v) is 23.6. The molecule has 2 aliphatic carbocycles. The highest BCUT2D eigenvalue weighted by Gasteiger charge is 2.38. The summed E-state index contributed by atoms with van der Waals surface area (Å²) in [7, 11) is 0. The lowest BCUT2D eigenvalue weighted by molar-refractivity contribution is 0.590. The molecule has 0 amide bonds. The van der Waals surface area contributed by atoms with Gasteiger partial charge in [0.1, 0.15) is 0 Å². The molecular formula is C72H68N2. The van der Waals surface area contributed by atoms with Crippen molar-refractivity contribution in [1.82, 2.24) is 0 Å². The normalized spacial score (nSPS) is 14.2. The first kappa shape index (κ1) is 48.3. The minimum absolute atomic E-state index is 0.0928. The minimum Gasteiger partial charge on any atom is -0.310 e. The molecule has 0 saturated heterocycles. The molecule has 2 heteroatoms. The Bertz CT molecular complexity index is 3340. The largest absolute Gasteiger partial charge is 0.310 e. The molecule has 0 heterocycles. The van der Waals surface area contributed by atoms with E-state index in [0.29, 0.717) is 0 Å². The third-order valence-corrected chi connectivity index (χ3v) is 15.8. The summed E-state index contributed by atoms with van der Waals surface area (Å²) in [6, 6.07) is 76.5. The first-order valence-corrected chi connectivity index (χ1v) is 26.4. The molecule has 0 aliphatic heterocycles. The van der Waals surface area contributed by atoms with E-state index in [0.717, 1.165) is 22.7 Å². The van der Waals surface area contributed by atoms with Crippen molar-refractivity contribution >= 4 is 58.4 Å². The molecule has 2 nitrogen and oxygen atoms in total. The van der Waals surface area contributed by atoms with Crippen LogP contribution in [-0.4, -0.2) is 0 Å². The third-order valence-electron chi connectivity index (χ3n) is 15.8. The molecule has 2 aliphatic rings. The van der Waals surface area contributed by atoms with Gasteiger partial charge in [0.2, 0.25) is 0 Å². The van der Waals surface area contributed by atoms with E-state index in [9.17, 15) is 0 Å². The molecule has 0 fully saturated rings. The smallest absolute Gasteiger partial charge is 0.0465 e. The Labute approximate surface area is 441 Å². The molecule has 0 spiro atoms. The van der Waals surface area contributed by atoms with Gasteiger partial charge in [-0.1, -0.05) is 227 Å². The van der Waals surface area contributed by atoms with Crippen LogP contribution in [0.1, 0.15) is 125 Å². The van der Waals surface area contributed by atoms with E-state index in [-0.39, 0.29) is 21.7 Å². The minimum atomic E-state index is -0.163. The van der Waals surface area contributed by atoms with Gasteiger partial charge in [-0.2, -0.15) is 0 Å². The summed E-state index contributed by atoms with van der Waals surface area (Å²) in [6.45, 7) is 23.1. The van der Waals surface area contributed by atoms with E-state index >= 15 is 0 Å². The van der Waals surface area contributed by atoms with Crippen LogP contribution in [0.2, 0.25) is 0 Å². The molecular weight excluding hydrogens is 893 g/mol. The molecule has 0 aromatic heterocycles. The average molecular weight is 961 g/mol. The van der Waals surface area contributed by atoms with Crippen molar-refractivity contribution in [3.8, 4) is 22.3 Å². The van der Waals surface area contributed by atoms with Crippen molar-refractivity contribution in [3.05, 3.63) is 262 Å². The van der Waals surface area contributed by atoms with E-state index < -0.39 is 0 Å². The molecule has 366 valence electrons. The lowest BCUT2D eigenvalue weighted by Crippen LogP contribution is -2.17. The van der Waals surface area contributed by atoms with Gasteiger partial charge in [0.25, 0.3) is 0 Å². The SMILES string of the molecule is CC(C)(C)c1ccc(N(c2ccccc2)c2ccc3c(c2)C(C)(C)c2cc(C=Cc4ccc(C=Cc5ccc6c(c5)C(C)(C)c5cc(N(c7ccccc7)c7ccc(C(C)(C)C)cc7)ccc5-6)cc4)ccc2-3)cc1. The molecule has 0 atom stereocenters. The average Bonchev–Trinajstić information content (AvgIpc) is 3.80. The predicted octanol–water partition coefficient (Wildman–Crippen LogP) is 20.2. The Kier molecular flexibility index (Phi) is 12.1. The van der Waals surface area contributed by atoms with Crippen molar-refractivity contribution in [1.29, 1.82) is 0 Å². The summed E-state index contributed by atoms with van der Waals surface area (Å²) in [4.78, 5) is 4.77. The van der Waals surface area contributed by atoms with Gasteiger partial charge in [-0.25, -0.2) is 0 Å². The summed E-state index contributed by atoms with van der Waals surface area (Å²) < 4.78 is 0. The Morgan fingerprint density at radius 2 is 0.554 bits per heavy atom. The van der Waals surface area contributed by atoms with Crippen molar-refractivity contribution in [2.75, 3.05) is 9.80 Å². The first-order chi connectivity index (χ1) is 35.4. The number of benzene rings is 9. The van der Waals surface area contributed by atoms with Crippen LogP contribution < -0.4 is 9.80 Å². The van der Waals surface area contributed by atoms with Crippen LogP contribution in [0.25, 0.3) is 46.6 Å². The van der Waals surface area contributed by atoms with E-state index in [1.54, 1.807) is 0 Å². The summed E-state index contributed by atoms with van der Waals surface area (Å²) in [5.41, 5.74) is 24.9. The number of fused-ring (bicyclic) bond motifs is 6. The number of anilines is 6. The first-order valence-electron chi connectivity index (χ1n) is 26.4. The van der Waals surface area contributed by atoms with E-state index in [4.69, 9.17) is 0 Å². The van der Waals surface area contributed by atoms with E-state index in [2.05, 4.69) is 310 Å². The van der Waals surface area contributed by atoms with Crippen LogP contribution >= 0.6 is 0 Å². The van der Waals surface area contributed by atoms with E-state index in [1.807, 2.05) is 0 Å². The molecule has 0 bridgehead atoms. The molecule has 0 radical (unpaired) electrons. The number of rotatable bonds is 10. The maximum absolute atomic E-state index is 2.42. The number of hydrogen-bond acceptors (Lipinski definition) is 2. The summed E-state index contributed by atoms with van der Waals surface area (Å²) in [5, 5.41) is 0. The molecule has 0 unspecified atom stereocenters. The van der Waals surface area contributed by atoms with Gasteiger partial charge in [-0.3, -0.25) is 0 Å². The Hall–Kier alpha value is -7.94. The molecule has 9 aromatic carbocycles. The van der Waals surface area contributed by atoms with Crippen LogP contribution in [0.15, 0.2) is 206 Å². The summed E-state index contributed by atoms with van der Waals surface area (Å²) in [5.74, 6) is 0. The zero-order chi connectivity index (χ0) is 51.6. The van der Waals surface area contributed by atoms with E-state index in [1.165, 1.54) is 89.3 Å². The van der Waals surface area contributed by atoms with Crippen LogP contribution in [0, 0.1) is 0 Å². The molecule has 11 rings (SSSR count). The van der Waals surface area contributed by atoms with Crippen LogP contribution in [0.3, 0.4) is 0 Å². The number of para-hydroxylation sites is 2. The van der Waals surface area contributed by atoms with Crippen molar-refractivity contribution < 1.29 is 0 Å². The third kappa shape index (κ3) is 9.02. The second-order valence-electron chi connectivity index (χ2n) is 23.6. The highest BCUT2D eigenvalue weighted by Crippen LogP contribution is 2.53.